The second-order valence-corrected chi connectivity index (χ2v) is 8.04. The number of benzene rings is 3. The number of fused-ring (bicyclic) bond motifs is 1. The van der Waals surface area contributed by atoms with E-state index in [9.17, 15) is 14.4 Å². The predicted octanol–water partition coefficient (Wildman–Crippen LogP) is 4.49. The zero-order valence-corrected chi connectivity index (χ0v) is 18.0. The molecule has 0 aliphatic carbocycles. The molecule has 0 unspecified atom stereocenters. The summed E-state index contributed by atoms with van der Waals surface area (Å²) < 4.78 is 5.53. The lowest BCUT2D eigenvalue weighted by Gasteiger charge is -2.49. The van der Waals surface area contributed by atoms with Crippen molar-refractivity contribution >= 4 is 35.0 Å². The normalized spacial score (nSPS) is 19.8. The number of anilines is 1. The highest BCUT2D eigenvalue weighted by molar-refractivity contribution is 6.30. The minimum atomic E-state index is -0.934. The van der Waals surface area contributed by atoms with Crippen LogP contribution in [0.5, 0.6) is 5.75 Å². The maximum Gasteiger partial charge on any atom is 0.262 e. The summed E-state index contributed by atoms with van der Waals surface area (Å²) in [5, 5.41) is 0.552. The van der Waals surface area contributed by atoms with Gasteiger partial charge in [0.1, 0.15) is 11.8 Å². The average molecular weight is 447 g/mol. The number of β-lactam (4-membered cyclic amide) rings is 1. The lowest BCUT2D eigenvalue weighted by Crippen LogP contribution is -2.67. The molecule has 1 fully saturated rings. The minimum absolute atomic E-state index is 0.319. The van der Waals surface area contributed by atoms with Crippen molar-refractivity contribution in [3.8, 4) is 5.75 Å². The first-order valence-corrected chi connectivity index (χ1v) is 10.7. The van der Waals surface area contributed by atoms with Gasteiger partial charge in [-0.25, -0.2) is 0 Å². The van der Waals surface area contributed by atoms with E-state index in [2.05, 4.69) is 0 Å². The van der Waals surface area contributed by atoms with Crippen LogP contribution in [0.4, 0.5) is 5.69 Å². The first-order valence-electron chi connectivity index (χ1n) is 10.3. The fourth-order valence-electron chi connectivity index (χ4n) is 4.33. The molecule has 2 atom stereocenters. The van der Waals surface area contributed by atoms with Crippen LogP contribution in [0.25, 0.3) is 0 Å². The third-order valence-electron chi connectivity index (χ3n) is 5.81. The number of halogens is 1. The monoisotopic (exact) mass is 446 g/mol. The third-order valence-corrected chi connectivity index (χ3v) is 6.06. The van der Waals surface area contributed by atoms with Crippen LogP contribution in [0.3, 0.4) is 0 Å². The van der Waals surface area contributed by atoms with Gasteiger partial charge in [-0.1, -0.05) is 35.9 Å². The lowest BCUT2D eigenvalue weighted by molar-refractivity contribution is -0.130. The van der Waals surface area contributed by atoms with Crippen LogP contribution in [-0.2, 0) is 4.79 Å². The first-order chi connectivity index (χ1) is 15.5. The first kappa shape index (κ1) is 20.3. The fourth-order valence-corrected chi connectivity index (χ4v) is 4.46. The maximum atomic E-state index is 13.4. The molecule has 3 aromatic rings. The van der Waals surface area contributed by atoms with Crippen LogP contribution in [-0.4, -0.2) is 35.3 Å². The van der Waals surface area contributed by atoms with Crippen molar-refractivity contribution in [3.63, 3.8) is 0 Å². The van der Waals surface area contributed by atoms with Gasteiger partial charge in [0.2, 0.25) is 0 Å². The van der Waals surface area contributed by atoms with E-state index in [0.29, 0.717) is 34.2 Å². The standard InChI is InChI=1S/C25H19ClN2O4/c1-2-32-18-13-7-15(8-14-18)21-22(25(31)27(21)17-11-9-16(26)10-12-17)28-23(29)19-5-3-4-6-20(19)24(28)30/h3-14,21-22H,2H2,1H3/t21-,22-/m1/s1. The quantitative estimate of drug-likeness (QED) is 0.428. The number of hydrogen-bond donors (Lipinski definition) is 0. The predicted molar refractivity (Wildman–Crippen MR) is 120 cm³/mol. The minimum Gasteiger partial charge on any atom is -0.494 e. The number of carbonyl (C=O) groups excluding carboxylic acids is 3. The summed E-state index contributed by atoms with van der Waals surface area (Å²) >= 11 is 6.02. The molecule has 2 aliphatic heterocycles. The van der Waals surface area contributed by atoms with E-state index in [4.69, 9.17) is 16.3 Å². The molecule has 0 spiro atoms. The Morgan fingerprint density at radius 3 is 1.94 bits per heavy atom. The number of rotatable bonds is 5. The Bertz CT molecular complexity index is 1190. The van der Waals surface area contributed by atoms with Gasteiger partial charge >= 0.3 is 0 Å². The smallest absolute Gasteiger partial charge is 0.262 e. The van der Waals surface area contributed by atoms with E-state index < -0.39 is 23.9 Å². The van der Waals surface area contributed by atoms with Gasteiger partial charge in [0, 0.05) is 10.7 Å². The molecule has 32 heavy (non-hydrogen) atoms. The summed E-state index contributed by atoms with van der Waals surface area (Å²) in [6.45, 7) is 2.44. The fraction of sp³-hybridized carbons (Fsp3) is 0.160. The molecule has 5 rings (SSSR count). The molecule has 1 saturated heterocycles. The van der Waals surface area contributed by atoms with Gasteiger partial charge in [-0.3, -0.25) is 19.3 Å². The Hall–Kier alpha value is -3.64. The average Bonchev–Trinajstić information content (AvgIpc) is 3.05. The van der Waals surface area contributed by atoms with Crippen molar-refractivity contribution in [2.75, 3.05) is 11.5 Å². The van der Waals surface area contributed by atoms with Crippen LogP contribution < -0.4 is 9.64 Å². The molecule has 0 N–H and O–H groups in total. The third kappa shape index (κ3) is 3.07. The molecule has 0 aromatic heterocycles. The molecule has 2 aliphatic rings. The SMILES string of the molecule is CCOc1ccc([C@@H]2[C@@H](N3C(=O)c4ccccc4C3=O)C(=O)N2c2ccc(Cl)cc2)cc1. The highest BCUT2D eigenvalue weighted by Gasteiger charge is 2.57. The molecule has 7 heteroatoms. The number of hydrogen-bond acceptors (Lipinski definition) is 4. The molecule has 160 valence electrons. The Balaban J connectivity index is 1.56. The molecule has 6 nitrogen and oxygen atoms in total. The summed E-state index contributed by atoms with van der Waals surface area (Å²) in [4.78, 5) is 42.2. The van der Waals surface area contributed by atoms with Gasteiger partial charge in [-0.05, 0) is 61.0 Å². The zero-order valence-electron chi connectivity index (χ0n) is 17.2. The number of amides is 3. The number of nitrogens with zero attached hydrogens (tertiary/aromatic N) is 2. The topological polar surface area (TPSA) is 66.9 Å². The van der Waals surface area contributed by atoms with Crippen LogP contribution in [0.15, 0.2) is 72.8 Å². The van der Waals surface area contributed by atoms with Crippen LogP contribution in [0.1, 0.15) is 39.2 Å². The van der Waals surface area contributed by atoms with E-state index >= 15 is 0 Å². The van der Waals surface area contributed by atoms with Gasteiger partial charge < -0.3 is 9.64 Å². The highest BCUT2D eigenvalue weighted by Crippen LogP contribution is 2.44. The summed E-state index contributed by atoms with van der Waals surface area (Å²) in [6, 6.07) is 19.4. The second kappa shape index (κ2) is 7.80. The van der Waals surface area contributed by atoms with Crippen molar-refractivity contribution in [1.29, 1.82) is 0 Å². The number of ether oxygens (including phenoxy) is 1. The Morgan fingerprint density at radius 2 is 1.38 bits per heavy atom. The molecule has 0 radical (unpaired) electrons. The van der Waals surface area contributed by atoms with Crippen LogP contribution in [0.2, 0.25) is 5.02 Å². The Morgan fingerprint density at radius 1 is 0.781 bits per heavy atom. The van der Waals surface area contributed by atoms with Gasteiger partial charge in [0.25, 0.3) is 17.7 Å². The highest BCUT2D eigenvalue weighted by atomic mass is 35.5. The summed E-state index contributed by atoms with van der Waals surface area (Å²) in [7, 11) is 0. The summed E-state index contributed by atoms with van der Waals surface area (Å²) in [6.07, 6.45) is 0. The lowest BCUT2D eigenvalue weighted by atomic mass is 9.86. The van der Waals surface area contributed by atoms with Gasteiger partial charge in [-0.2, -0.15) is 0 Å². The van der Waals surface area contributed by atoms with Crippen molar-refractivity contribution in [3.05, 3.63) is 94.5 Å². The van der Waals surface area contributed by atoms with Crippen LogP contribution in [0, 0.1) is 0 Å². The summed E-state index contributed by atoms with van der Waals surface area (Å²) in [5.41, 5.74) is 2.08. The largest absolute Gasteiger partial charge is 0.494 e. The molecular formula is C25H19ClN2O4. The van der Waals surface area contributed by atoms with Crippen molar-refractivity contribution in [2.45, 2.75) is 19.0 Å². The van der Waals surface area contributed by atoms with E-state index in [0.717, 1.165) is 10.5 Å². The van der Waals surface area contributed by atoms with Crippen molar-refractivity contribution < 1.29 is 19.1 Å². The molecule has 0 saturated carbocycles. The number of imide groups is 1. The molecular weight excluding hydrogens is 428 g/mol. The zero-order chi connectivity index (χ0) is 22.4. The molecule has 2 heterocycles. The summed E-state index contributed by atoms with van der Waals surface area (Å²) in [5.74, 6) is -0.510. The number of carbonyl (C=O) groups is 3. The molecule has 3 amide bonds. The Kier molecular flexibility index (Phi) is 4.94. The van der Waals surface area contributed by atoms with Gasteiger partial charge in [0.05, 0.1) is 23.8 Å². The molecule has 3 aromatic carbocycles. The van der Waals surface area contributed by atoms with Crippen molar-refractivity contribution in [1.82, 2.24) is 4.90 Å². The maximum absolute atomic E-state index is 13.4. The van der Waals surface area contributed by atoms with E-state index in [-0.39, 0.29) is 5.91 Å². The van der Waals surface area contributed by atoms with Gasteiger partial charge in [0.15, 0.2) is 0 Å². The second-order valence-electron chi connectivity index (χ2n) is 7.60. The van der Waals surface area contributed by atoms with Gasteiger partial charge in [-0.15, -0.1) is 0 Å². The van der Waals surface area contributed by atoms with E-state index in [1.165, 1.54) is 0 Å². The van der Waals surface area contributed by atoms with E-state index in [1.54, 1.807) is 53.4 Å². The van der Waals surface area contributed by atoms with Crippen molar-refractivity contribution in [2.24, 2.45) is 0 Å². The van der Waals surface area contributed by atoms with Crippen LogP contribution >= 0.6 is 11.6 Å². The molecule has 0 bridgehead atoms. The Labute approximate surface area is 190 Å². The van der Waals surface area contributed by atoms with E-state index in [1.807, 2.05) is 31.2 Å².